The number of amides is 1. The molecule has 2 aromatic carbocycles. The van der Waals surface area contributed by atoms with Gasteiger partial charge in [0.25, 0.3) is 5.91 Å². The highest BCUT2D eigenvalue weighted by atomic mass is 35.5. The van der Waals surface area contributed by atoms with E-state index in [1.54, 1.807) is 0 Å². The zero-order chi connectivity index (χ0) is 18.8. The third-order valence-corrected chi connectivity index (χ3v) is 5.83. The zero-order valence-electron chi connectivity index (χ0n) is 14.1. The van der Waals surface area contributed by atoms with Gasteiger partial charge in [0.2, 0.25) is 0 Å². The van der Waals surface area contributed by atoms with E-state index in [4.69, 9.17) is 11.6 Å². The number of hydrogen-bond donors (Lipinski definition) is 2. The molecule has 2 aromatic rings. The molecule has 0 saturated heterocycles. The number of hydrazine groups is 1. The van der Waals surface area contributed by atoms with Crippen LogP contribution in [0.25, 0.3) is 0 Å². The fourth-order valence-electron chi connectivity index (χ4n) is 4.03. The van der Waals surface area contributed by atoms with Gasteiger partial charge in [0, 0.05) is 10.4 Å². The van der Waals surface area contributed by atoms with Crippen molar-refractivity contribution in [3.8, 4) is 6.07 Å². The molecule has 0 spiro atoms. The molecule has 2 aliphatic heterocycles. The van der Waals surface area contributed by atoms with E-state index >= 15 is 0 Å². The first kappa shape index (κ1) is 16.3. The maximum Gasteiger partial charge on any atom is 0.276 e. The van der Waals surface area contributed by atoms with Gasteiger partial charge in [-0.15, -0.1) is 0 Å². The average Bonchev–Trinajstić information content (AvgIpc) is 3.38. The van der Waals surface area contributed by atoms with Crippen molar-refractivity contribution in [3.63, 3.8) is 0 Å². The second kappa shape index (κ2) is 5.56. The molecule has 1 amide bonds. The SMILES string of the molecule is N#CC1=C2Nc3ccc(F)cc3C(=O)N2NC1C1(c2ccc(Cl)cc2)CC1. The molecule has 7 heteroatoms. The first-order valence-electron chi connectivity index (χ1n) is 8.61. The normalized spacial score (nSPS) is 22.0. The maximum absolute atomic E-state index is 13.6. The third kappa shape index (κ3) is 2.29. The van der Waals surface area contributed by atoms with Crippen molar-refractivity contribution in [2.45, 2.75) is 24.3 Å². The van der Waals surface area contributed by atoms with Crippen LogP contribution in [0.5, 0.6) is 0 Å². The number of rotatable bonds is 2. The topological polar surface area (TPSA) is 68.2 Å². The van der Waals surface area contributed by atoms with Crippen LogP contribution in [0.1, 0.15) is 28.8 Å². The number of nitrogens with zero attached hydrogens (tertiary/aromatic N) is 2. The van der Waals surface area contributed by atoms with Crippen LogP contribution < -0.4 is 10.7 Å². The molecule has 0 aromatic heterocycles. The van der Waals surface area contributed by atoms with Crippen molar-refractivity contribution >= 4 is 23.2 Å². The molecule has 1 fully saturated rings. The number of benzene rings is 2. The van der Waals surface area contributed by atoms with Gasteiger partial charge >= 0.3 is 0 Å². The Bertz CT molecular complexity index is 1050. The minimum absolute atomic E-state index is 0.237. The molecule has 2 heterocycles. The summed E-state index contributed by atoms with van der Waals surface area (Å²) in [6.07, 6.45) is 1.79. The van der Waals surface area contributed by atoms with Gasteiger partial charge in [-0.05, 0) is 48.7 Å². The zero-order valence-corrected chi connectivity index (χ0v) is 14.8. The summed E-state index contributed by atoms with van der Waals surface area (Å²) in [4.78, 5) is 12.9. The monoisotopic (exact) mass is 380 g/mol. The lowest BCUT2D eigenvalue weighted by molar-refractivity contribution is 0.0729. The number of halogens is 2. The molecule has 5 rings (SSSR count). The summed E-state index contributed by atoms with van der Waals surface area (Å²) in [5.74, 6) is -0.431. The van der Waals surface area contributed by atoms with Crippen molar-refractivity contribution in [2.75, 3.05) is 5.32 Å². The van der Waals surface area contributed by atoms with E-state index in [1.807, 2.05) is 24.3 Å². The quantitative estimate of drug-likeness (QED) is 0.833. The predicted octanol–water partition coefficient (Wildman–Crippen LogP) is 3.70. The number of carbonyl (C=O) groups excluding carboxylic acids is 1. The standard InChI is InChI=1S/C20H14ClFN4O/c21-12-3-1-11(2-4-12)20(7-8-20)17-15(10-23)18-24-16-6-5-13(22)9-14(16)19(27)26(18)25-17/h1-6,9,17,24-25H,7-8H2. The molecule has 0 radical (unpaired) electrons. The molecule has 0 bridgehead atoms. The Kier molecular flexibility index (Phi) is 3.36. The lowest BCUT2D eigenvalue weighted by Gasteiger charge is -2.29. The molecule has 1 aliphatic carbocycles. The highest BCUT2D eigenvalue weighted by molar-refractivity contribution is 6.30. The second-order valence-electron chi connectivity index (χ2n) is 7.05. The van der Waals surface area contributed by atoms with Crippen LogP contribution >= 0.6 is 11.6 Å². The Morgan fingerprint density at radius 2 is 1.96 bits per heavy atom. The molecule has 5 nitrogen and oxygen atoms in total. The summed E-state index contributed by atoms with van der Waals surface area (Å²) < 4.78 is 13.6. The number of nitrogens with one attached hydrogen (secondary N) is 2. The van der Waals surface area contributed by atoms with Crippen LogP contribution in [0.2, 0.25) is 5.02 Å². The molecule has 1 atom stereocenters. The van der Waals surface area contributed by atoms with E-state index in [-0.39, 0.29) is 22.9 Å². The Balaban J connectivity index is 1.58. The van der Waals surface area contributed by atoms with Gasteiger partial charge < -0.3 is 5.32 Å². The molecule has 134 valence electrons. The summed E-state index contributed by atoms with van der Waals surface area (Å²) in [6.45, 7) is 0. The van der Waals surface area contributed by atoms with Gasteiger partial charge in [-0.1, -0.05) is 23.7 Å². The van der Waals surface area contributed by atoms with Gasteiger partial charge in [0.05, 0.1) is 22.9 Å². The average molecular weight is 381 g/mol. The van der Waals surface area contributed by atoms with E-state index in [1.165, 1.54) is 23.2 Å². The minimum Gasteiger partial charge on any atom is -0.339 e. The van der Waals surface area contributed by atoms with Gasteiger partial charge in [0.1, 0.15) is 17.7 Å². The van der Waals surface area contributed by atoms with Crippen molar-refractivity contribution < 1.29 is 9.18 Å². The molecular weight excluding hydrogens is 367 g/mol. The van der Waals surface area contributed by atoms with Gasteiger partial charge in [-0.3, -0.25) is 4.79 Å². The Morgan fingerprint density at radius 3 is 2.63 bits per heavy atom. The largest absolute Gasteiger partial charge is 0.339 e. The minimum atomic E-state index is -0.479. The smallest absolute Gasteiger partial charge is 0.276 e. The van der Waals surface area contributed by atoms with Crippen LogP contribution in [0.3, 0.4) is 0 Å². The van der Waals surface area contributed by atoms with E-state index in [0.29, 0.717) is 22.1 Å². The summed E-state index contributed by atoms with van der Waals surface area (Å²) in [7, 11) is 0. The fraction of sp³-hybridized carbons (Fsp3) is 0.200. The molecular formula is C20H14ClFN4O. The maximum atomic E-state index is 13.6. The van der Waals surface area contributed by atoms with Gasteiger partial charge in [-0.25, -0.2) is 14.8 Å². The molecule has 1 unspecified atom stereocenters. The molecule has 3 aliphatic rings. The Hall–Kier alpha value is -2.88. The van der Waals surface area contributed by atoms with Crippen LogP contribution in [0, 0.1) is 17.1 Å². The number of anilines is 1. The molecule has 27 heavy (non-hydrogen) atoms. The lowest BCUT2D eigenvalue weighted by atomic mass is 9.85. The van der Waals surface area contributed by atoms with Crippen molar-refractivity contribution in [2.24, 2.45) is 0 Å². The number of hydrogen-bond acceptors (Lipinski definition) is 4. The summed E-state index contributed by atoms with van der Waals surface area (Å²) in [5, 5.41) is 14.9. The Morgan fingerprint density at radius 1 is 1.22 bits per heavy atom. The van der Waals surface area contributed by atoms with Crippen molar-refractivity contribution in [3.05, 3.63) is 75.8 Å². The van der Waals surface area contributed by atoms with Gasteiger partial charge in [0.15, 0.2) is 0 Å². The van der Waals surface area contributed by atoms with Crippen LogP contribution in [0.15, 0.2) is 53.9 Å². The fourth-order valence-corrected chi connectivity index (χ4v) is 4.15. The van der Waals surface area contributed by atoms with E-state index in [2.05, 4.69) is 16.8 Å². The lowest BCUT2D eigenvalue weighted by Crippen LogP contribution is -2.48. The first-order valence-corrected chi connectivity index (χ1v) is 8.99. The number of nitriles is 1. The first-order chi connectivity index (χ1) is 13.0. The number of fused-ring (bicyclic) bond motifs is 2. The van der Waals surface area contributed by atoms with E-state index in [9.17, 15) is 14.4 Å². The number of carbonyl (C=O) groups is 1. The summed E-state index contributed by atoms with van der Waals surface area (Å²) >= 11 is 6.01. The molecule has 2 N–H and O–H groups in total. The van der Waals surface area contributed by atoms with Crippen LogP contribution in [-0.4, -0.2) is 17.0 Å². The third-order valence-electron chi connectivity index (χ3n) is 5.57. The van der Waals surface area contributed by atoms with Crippen molar-refractivity contribution in [1.82, 2.24) is 10.4 Å². The highest BCUT2D eigenvalue weighted by Gasteiger charge is 2.57. The van der Waals surface area contributed by atoms with Gasteiger partial charge in [-0.2, -0.15) is 5.26 Å². The van der Waals surface area contributed by atoms with Crippen LogP contribution in [0.4, 0.5) is 10.1 Å². The molecule has 1 saturated carbocycles. The second-order valence-corrected chi connectivity index (χ2v) is 7.49. The van der Waals surface area contributed by atoms with E-state index in [0.717, 1.165) is 18.4 Å². The predicted molar refractivity (Wildman–Crippen MR) is 98.1 cm³/mol. The Labute approximate surface area is 160 Å². The van der Waals surface area contributed by atoms with Crippen LogP contribution in [-0.2, 0) is 5.41 Å². The highest BCUT2D eigenvalue weighted by Crippen LogP contribution is 2.54. The summed E-state index contributed by atoms with van der Waals surface area (Å²) in [5.41, 5.74) is 5.22. The van der Waals surface area contributed by atoms with E-state index < -0.39 is 5.82 Å². The van der Waals surface area contributed by atoms with Crippen molar-refractivity contribution in [1.29, 1.82) is 5.26 Å². The summed E-state index contributed by atoms with van der Waals surface area (Å²) in [6, 6.07) is 13.5.